The quantitative estimate of drug-likeness (QED) is 0.772. The fourth-order valence-electron chi connectivity index (χ4n) is 2.82. The van der Waals surface area contributed by atoms with Crippen LogP contribution in [-0.2, 0) is 19.6 Å². The number of nitrogens with one attached hydrogen (secondary N) is 2. The number of benzene rings is 1. The van der Waals surface area contributed by atoms with Crippen molar-refractivity contribution in [3.63, 3.8) is 0 Å². The van der Waals surface area contributed by atoms with Crippen LogP contribution in [0.15, 0.2) is 36.7 Å². The number of rotatable bonds is 3. The normalized spacial score (nSPS) is 13.6. The first-order valence-electron chi connectivity index (χ1n) is 7.16. The first-order valence-corrected chi connectivity index (χ1v) is 7.16. The molecule has 4 rings (SSSR count). The molecule has 2 N–H and O–H groups in total. The maximum absolute atomic E-state index is 4.42. The molecule has 106 valence electrons. The molecule has 0 unspecified atom stereocenters. The van der Waals surface area contributed by atoms with Gasteiger partial charge in [0.25, 0.3) is 0 Å². The molecule has 0 radical (unpaired) electrons. The van der Waals surface area contributed by atoms with Crippen molar-refractivity contribution >= 4 is 11.3 Å². The first-order chi connectivity index (χ1) is 10.3. The molecule has 0 bridgehead atoms. The molecule has 0 amide bonds. The highest BCUT2D eigenvalue weighted by Gasteiger charge is 2.10. The highest BCUT2D eigenvalue weighted by molar-refractivity contribution is 5.67. The second-order valence-corrected chi connectivity index (χ2v) is 5.45. The van der Waals surface area contributed by atoms with E-state index in [-0.39, 0.29) is 0 Å². The standard InChI is InChI=1S/C16H17N5/c1-11-6-15-16(18-4-5-21(15)20-11)19-8-12-2-3-13-9-17-10-14(13)7-12/h2-7,17H,8-10H2,1H3,(H,18,19). The van der Waals surface area contributed by atoms with Crippen LogP contribution in [-0.4, -0.2) is 14.6 Å². The molecular weight excluding hydrogens is 262 g/mol. The van der Waals surface area contributed by atoms with E-state index < -0.39 is 0 Å². The predicted molar refractivity (Wildman–Crippen MR) is 82.0 cm³/mol. The first kappa shape index (κ1) is 12.3. The summed E-state index contributed by atoms with van der Waals surface area (Å²) in [5, 5.41) is 11.2. The van der Waals surface area contributed by atoms with Crippen molar-refractivity contribution in [2.75, 3.05) is 5.32 Å². The average molecular weight is 279 g/mol. The van der Waals surface area contributed by atoms with E-state index in [9.17, 15) is 0 Å². The molecule has 5 heteroatoms. The molecule has 0 fully saturated rings. The van der Waals surface area contributed by atoms with E-state index in [1.807, 2.05) is 23.7 Å². The van der Waals surface area contributed by atoms with Gasteiger partial charge < -0.3 is 10.6 Å². The summed E-state index contributed by atoms with van der Waals surface area (Å²) >= 11 is 0. The third-order valence-electron chi connectivity index (χ3n) is 3.87. The number of hydrogen-bond donors (Lipinski definition) is 2. The highest BCUT2D eigenvalue weighted by atomic mass is 15.2. The van der Waals surface area contributed by atoms with Gasteiger partial charge in [0, 0.05) is 32.0 Å². The van der Waals surface area contributed by atoms with Gasteiger partial charge in [0.15, 0.2) is 5.82 Å². The molecule has 0 saturated carbocycles. The molecular formula is C16H17N5. The Bertz CT molecular complexity index is 806. The molecule has 1 aliphatic heterocycles. The molecule has 0 aliphatic carbocycles. The van der Waals surface area contributed by atoms with E-state index in [1.54, 1.807) is 6.20 Å². The Kier molecular flexibility index (Phi) is 2.86. The van der Waals surface area contributed by atoms with E-state index in [2.05, 4.69) is 38.9 Å². The fourth-order valence-corrected chi connectivity index (χ4v) is 2.82. The number of aromatic nitrogens is 3. The maximum atomic E-state index is 4.42. The van der Waals surface area contributed by atoms with Crippen molar-refractivity contribution in [2.24, 2.45) is 0 Å². The predicted octanol–water partition coefficient (Wildman–Crippen LogP) is 2.25. The van der Waals surface area contributed by atoms with Gasteiger partial charge in [0.2, 0.25) is 0 Å². The zero-order valence-electron chi connectivity index (χ0n) is 11.9. The van der Waals surface area contributed by atoms with Crippen LogP contribution in [0.5, 0.6) is 0 Å². The Morgan fingerprint density at radius 2 is 2.14 bits per heavy atom. The van der Waals surface area contributed by atoms with Gasteiger partial charge in [-0.2, -0.15) is 5.10 Å². The highest BCUT2D eigenvalue weighted by Crippen LogP contribution is 2.19. The number of aryl methyl sites for hydroxylation is 1. The minimum absolute atomic E-state index is 0.768. The van der Waals surface area contributed by atoms with Crippen molar-refractivity contribution in [2.45, 2.75) is 26.6 Å². The number of anilines is 1. The topological polar surface area (TPSA) is 54.2 Å². The Morgan fingerprint density at radius 1 is 1.24 bits per heavy atom. The summed E-state index contributed by atoms with van der Waals surface area (Å²) in [6, 6.07) is 8.70. The van der Waals surface area contributed by atoms with Gasteiger partial charge in [-0.1, -0.05) is 18.2 Å². The van der Waals surface area contributed by atoms with Gasteiger partial charge in [-0.25, -0.2) is 9.50 Å². The summed E-state index contributed by atoms with van der Waals surface area (Å²) in [5.41, 5.74) is 6.09. The molecule has 3 aromatic rings. The molecule has 21 heavy (non-hydrogen) atoms. The zero-order chi connectivity index (χ0) is 14.2. The van der Waals surface area contributed by atoms with E-state index in [0.717, 1.165) is 36.7 Å². The number of fused-ring (bicyclic) bond motifs is 2. The van der Waals surface area contributed by atoms with Gasteiger partial charge in [0.1, 0.15) is 5.52 Å². The van der Waals surface area contributed by atoms with Crippen LogP contribution in [0.3, 0.4) is 0 Å². The summed E-state index contributed by atoms with van der Waals surface area (Å²) in [7, 11) is 0. The Balaban J connectivity index is 1.58. The summed E-state index contributed by atoms with van der Waals surface area (Å²) in [4.78, 5) is 4.42. The zero-order valence-corrected chi connectivity index (χ0v) is 11.9. The van der Waals surface area contributed by atoms with E-state index in [1.165, 1.54) is 16.7 Å². The smallest absolute Gasteiger partial charge is 0.152 e. The fraction of sp³-hybridized carbons (Fsp3) is 0.250. The van der Waals surface area contributed by atoms with Gasteiger partial charge in [-0.15, -0.1) is 0 Å². The second kappa shape index (κ2) is 4.86. The molecule has 2 aromatic heterocycles. The van der Waals surface area contributed by atoms with Gasteiger partial charge >= 0.3 is 0 Å². The summed E-state index contributed by atoms with van der Waals surface area (Å²) in [5.74, 6) is 0.872. The summed E-state index contributed by atoms with van der Waals surface area (Å²) < 4.78 is 1.86. The minimum atomic E-state index is 0.768. The lowest BCUT2D eigenvalue weighted by Gasteiger charge is -2.08. The molecule has 5 nitrogen and oxygen atoms in total. The maximum Gasteiger partial charge on any atom is 0.152 e. The van der Waals surface area contributed by atoms with E-state index >= 15 is 0 Å². The minimum Gasteiger partial charge on any atom is -0.364 e. The molecule has 1 aromatic carbocycles. The third kappa shape index (κ3) is 2.25. The lowest BCUT2D eigenvalue weighted by molar-refractivity contribution is 0.764. The van der Waals surface area contributed by atoms with Gasteiger partial charge in [-0.3, -0.25) is 0 Å². The summed E-state index contributed by atoms with van der Waals surface area (Å²) in [6.07, 6.45) is 3.64. The van der Waals surface area contributed by atoms with Crippen LogP contribution in [0.25, 0.3) is 5.52 Å². The van der Waals surface area contributed by atoms with Crippen LogP contribution in [0, 0.1) is 6.92 Å². The van der Waals surface area contributed by atoms with Crippen molar-refractivity contribution in [1.29, 1.82) is 0 Å². The molecule has 3 heterocycles. The molecule has 0 spiro atoms. The van der Waals surface area contributed by atoms with Gasteiger partial charge in [-0.05, 0) is 29.7 Å². The van der Waals surface area contributed by atoms with Crippen LogP contribution in [0.4, 0.5) is 5.82 Å². The van der Waals surface area contributed by atoms with Crippen molar-refractivity contribution in [3.05, 3.63) is 59.0 Å². The average Bonchev–Trinajstić information content (AvgIpc) is 3.09. The van der Waals surface area contributed by atoms with Crippen molar-refractivity contribution in [1.82, 2.24) is 19.9 Å². The SMILES string of the molecule is Cc1cc2c(NCc3ccc4c(c3)CNC4)nccn2n1. The van der Waals surface area contributed by atoms with Crippen LogP contribution < -0.4 is 10.6 Å². The summed E-state index contributed by atoms with van der Waals surface area (Å²) in [6.45, 7) is 4.71. The second-order valence-electron chi connectivity index (χ2n) is 5.45. The largest absolute Gasteiger partial charge is 0.364 e. The number of nitrogens with zero attached hydrogens (tertiary/aromatic N) is 3. The molecule has 0 saturated heterocycles. The van der Waals surface area contributed by atoms with E-state index in [0.29, 0.717) is 0 Å². The number of hydrogen-bond acceptors (Lipinski definition) is 4. The molecule has 1 aliphatic rings. The monoisotopic (exact) mass is 279 g/mol. The lowest BCUT2D eigenvalue weighted by Crippen LogP contribution is -2.04. The Morgan fingerprint density at radius 3 is 3.10 bits per heavy atom. The Hall–Kier alpha value is -2.40. The third-order valence-corrected chi connectivity index (χ3v) is 3.87. The van der Waals surface area contributed by atoms with Crippen molar-refractivity contribution in [3.8, 4) is 0 Å². The van der Waals surface area contributed by atoms with Crippen LogP contribution in [0.2, 0.25) is 0 Å². The lowest BCUT2D eigenvalue weighted by atomic mass is 10.1. The van der Waals surface area contributed by atoms with E-state index in [4.69, 9.17) is 0 Å². The molecule has 0 atom stereocenters. The van der Waals surface area contributed by atoms with Crippen LogP contribution in [0.1, 0.15) is 22.4 Å². The van der Waals surface area contributed by atoms with Crippen LogP contribution >= 0.6 is 0 Å². The van der Waals surface area contributed by atoms with Gasteiger partial charge in [0.05, 0.1) is 5.69 Å². The Labute approximate surface area is 123 Å². The van der Waals surface area contributed by atoms with Crippen molar-refractivity contribution < 1.29 is 0 Å².